The summed E-state index contributed by atoms with van der Waals surface area (Å²) in [4.78, 5) is 18.5. The van der Waals surface area contributed by atoms with Gasteiger partial charge in [-0.05, 0) is 25.1 Å². The number of ketones is 1. The van der Waals surface area contributed by atoms with E-state index in [2.05, 4.69) is 9.97 Å². The average Bonchev–Trinajstić information content (AvgIpc) is 2.65. The minimum absolute atomic E-state index is 0.0101. The zero-order valence-corrected chi connectivity index (χ0v) is 8.74. The van der Waals surface area contributed by atoms with Crippen molar-refractivity contribution in [1.82, 2.24) is 9.97 Å². The van der Waals surface area contributed by atoms with Crippen LogP contribution in [0.5, 0.6) is 0 Å². The summed E-state index contributed by atoms with van der Waals surface area (Å²) in [6.07, 6.45) is 1.89. The van der Waals surface area contributed by atoms with E-state index in [1.54, 1.807) is 6.07 Å². The van der Waals surface area contributed by atoms with E-state index in [0.717, 1.165) is 17.0 Å². The second-order valence-electron chi connectivity index (χ2n) is 3.54. The van der Waals surface area contributed by atoms with E-state index in [1.807, 2.05) is 31.3 Å². The van der Waals surface area contributed by atoms with Crippen molar-refractivity contribution in [3.8, 4) is 11.3 Å². The molecule has 0 saturated carbocycles. The first-order chi connectivity index (χ1) is 7.16. The van der Waals surface area contributed by atoms with Crippen LogP contribution in [0.4, 0.5) is 0 Å². The van der Waals surface area contributed by atoms with Crippen molar-refractivity contribution in [1.29, 1.82) is 0 Å². The zero-order chi connectivity index (χ0) is 10.8. The largest absolute Gasteiger partial charge is 0.365 e. The van der Waals surface area contributed by atoms with Crippen molar-refractivity contribution >= 4 is 5.78 Å². The second kappa shape index (κ2) is 3.69. The predicted octanol–water partition coefficient (Wildman–Crippen LogP) is 2.59. The molecule has 3 heteroatoms. The lowest BCUT2D eigenvalue weighted by molar-refractivity contribution is 0.101. The predicted molar refractivity (Wildman–Crippen MR) is 58.8 cm³/mol. The maximum atomic E-state index is 11.2. The van der Waals surface area contributed by atoms with Crippen LogP contribution < -0.4 is 0 Å². The molecule has 15 heavy (non-hydrogen) atoms. The zero-order valence-electron chi connectivity index (χ0n) is 8.74. The summed E-state index contributed by atoms with van der Waals surface area (Å²) in [6.45, 7) is 3.51. The molecule has 2 heterocycles. The van der Waals surface area contributed by atoms with Crippen LogP contribution in [0.2, 0.25) is 0 Å². The van der Waals surface area contributed by atoms with Gasteiger partial charge in [0.25, 0.3) is 0 Å². The maximum absolute atomic E-state index is 11.2. The minimum atomic E-state index is -0.0101. The molecule has 0 aliphatic carbocycles. The van der Waals surface area contributed by atoms with Gasteiger partial charge in [0.2, 0.25) is 0 Å². The van der Waals surface area contributed by atoms with Gasteiger partial charge in [-0.25, -0.2) is 4.98 Å². The van der Waals surface area contributed by atoms with E-state index in [1.165, 1.54) is 6.92 Å². The number of carbonyl (C=O) groups excluding carboxylic acids is 1. The monoisotopic (exact) mass is 200 g/mol. The molecule has 0 fully saturated rings. The first-order valence-electron chi connectivity index (χ1n) is 4.80. The Hall–Kier alpha value is -1.90. The third-order valence-corrected chi connectivity index (χ3v) is 2.23. The molecule has 1 N–H and O–H groups in total. The number of Topliss-reactive ketones (excluding diaryl/α,β-unsaturated/α-hetero) is 1. The van der Waals surface area contributed by atoms with Crippen molar-refractivity contribution < 1.29 is 4.79 Å². The van der Waals surface area contributed by atoms with Crippen LogP contribution in [0.3, 0.4) is 0 Å². The number of H-pyrrole nitrogens is 1. The maximum Gasteiger partial charge on any atom is 0.178 e. The molecule has 0 atom stereocenters. The van der Waals surface area contributed by atoms with Gasteiger partial charge in [0.1, 0.15) is 5.69 Å². The summed E-state index contributed by atoms with van der Waals surface area (Å²) in [5.74, 6) is -0.0101. The molecule has 2 aromatic heterocycles. The quantitative estimate of drug-likeness (QED) is 0.757. The third-order valence-electron chi connectivity index (χ3n) is 2.23. The van der Waals surface area contributed by atoms with Gasteiger partial charge in [-0.3, -0.25) is 4.79 Å². The highest BCUT2D eigenvalue weighted by molar-refractivity contribution is 5.92. The van der Waals surface area contributed by atoms with Crippen LogP contribution in [-0.2, 0) is 0 Å². The van der Waals surface area contributed by atoms with Gasteiger partial charge < -0.3 is 4.98 Å². The first-order valence-corrected chi connectivity index (χ1v) is 4.80. The van der Waals surface area contributed by atoms with E-state index in [4.69, 9.17) is 0 Å². The first kappa shape index (κ1) is 9.65. The van der Waals surface area contributed by atoms with Gasteiger partial charge in [0, 0.05) is 24.4 Å². The van der Waals surface area contributed by atoms with Crippen LogP contribution in [0.1, 0.15) is 23.1 Å². The van der Waals surface area contributed by atoms with Gasteiger partial charge in [0.05, 0.1) is 5.69 Å². The Labute approximate surface area is 88.2 Å². The van der Waals surface area contributed by atoms with Gasteiger partial charge in [0.15, 0.2) is 5.78 Å². The normalized spacial score (nSPS) is 10.3. The highest BCUT2D eigenvalue weighted by atomic mass is 16.1. The summed E-state index contributed by atoms with van der Waals surface area (Å²) in [5, 5.41) is 0. The molecular weight excluding hydrogens is 188 g/mol. The third kappa shape index (κ3) is 1.96. The molecule has 0 aromatic carbocycles. The number of aromatic amines is 1. The minimum Gasteiger partial charge on any atom is -0.365 e. The summed E-state index contributed by atoms with van der Waals surface area (Å²) >= 11 is 0. The number of nitrogens with one attached hydrogen (secondary N) is 1. The van der Waals surface area contributed by atoms with E-state index in [9.17, 15) is 4.79 Å². The Kier molecular flexibility index (Phi) is 2.37. The molecule has 0 bridgehead atoms. The molecule has 3 nitrogen and oxygen atoms in total. The van der Waals surface area contributed by atoms with Crippen LogP contribution in [0.25, 0.3) is 11.3 Å². The summed E-state index contributed by atoms with van der Waals surface area (Å²) in [5.41, 5.74) is 3.43. The summed E-state index contributed by atoms with van der Waals surface area (Å²) in [6, 6.07) is 7.48. The van der Waals surface area contributed by atoms with Crippen LogP contribution in [0.15, 0.2) is 30.5 Å². The van der Waals surface area contributed by atoms with Crippen molar-refractivity contribution in [2.24, 2.45) is 0 Å². The summed E-state index contributed by atoms with van der Waals surface area (Å²) < 4.78 is 0. The SMILES string of the molecule is CC(=O)c1cccc(-c2c[nH]c(C)c2)n1. The smallest absolute Gasteiger partial charge is 0.178 e. The topological polar surface area (TPSA) is 45.8 Å². The number of rotatable bonds is 2. The van der Waals surface area contributed by atoms with Crippen molar-refractivity contribution in [2.45, 2.75) is 13.8 Å². The Balaban J connectivity index is 2.45. The number of aryl methyl sites for hydroxylation is 1. The molecule has 0 radical (unpaired) electrons. The lowest BCUT2D eigenvalue weighted by atomic mass is 10.2. The molecular formula is C12H12N2O. The standard InChI is InChI=1S/C12H12N2O/c1-8-6-10(7-13-8)12-5-3-4-11(14-12)9(2)15/h3-7,13H,1-2H3. The van der Waals surface area contributed by atoms with E-state index in [0.29, 0.717) is 5.69 Å². The molecule has 0 aliphatic rings. The highest BCUT2D eigenvalue weighted by Crippen LogP contribution is 2.17. The van der Waals surface area contributed by atoms with Gasteiger partial charge in [-0.15, -0.1) is 0 Å². The molecule has 0 saturated heterocycles. The Morgan fingerprint density at radius 1 is 1.40 bits per heavy atom. The number of carbonyl (C=O) groups is 1. The molecule has 0 unspecified atom stereocenters. The van der Waals surface area contributed by atoms with Crippen LogP contribution in [0, 0.1) is 6.92 Å². The molecule has 76 valence electrons. The fourth-order valence-corrected chi connectivity index (χ4v) is 1.45. The highest BCUT2D eigenvalue weighted by Gasteiger charge is 2.04. The van der Waals surface area contributed by atoms with Crippen LogP contribution in [-0.4, -0.2) is 15.8 Å². The van der Waals surface area contributed by atoms with E-state index in [-0.39, 0.29) is 5.78 Å². The summed E-state index contributed by atoms with van der Waals surface area (Å²) in [7, 11) is 0. The van der Waals surface area contributed by atoms with E-state index < -0.39 is 0 Å². The molecule has 0 amide bonds. The number of hydrogen-bond donors (Lipinski definition) is 1. The second-order valence-corrected chi connectivity index (χ2v) is 3.54. The van der Waals surface area contributed by atoms with Gasteiger partial charge in [-0.1, -0.05) is 6.07 Å². The Morgan fingerprint density at radius 3 is 2.80 bits per heavy atom. The van der Waals surface area contributed by atoms with Gasteiger partial charge in [-0.2, -0.15) is 0 Å². The molecule has 2 aromatic rings. The van der Waals surface area contributed by atoms with Gasteiger partial charge >= 0.3 is 0 Å². The van der Waals surface area contributed by atoms with E-state index >= 15 is 0 Å². The lowest BCUT2D eigenvalue weighted by Crippen LogP contribution is -1.96. The molecule has 0 aliphatic heterocycles. The number of aromatic nitrogens is 2. The number of pyridine rings is 1. The fourth-order valence-electron chi connectivity index (χ4n) is 1.45. The lowest BCUT2D eigenvalue weighted by Gasteiger charge is -1.99. The number of nitrogens with zero attached hydrogens (tertiary/aromatic N) is 1. The number of hydrogen-bond acceptors (Lipinski definition) is 2. The Morgan fingerprint density at radius 2 is 2.20 bits per heavy atom. The molecule has 2 rings (SSSR count). The average molecular weight is 200 g/mol. The molecule has 0 spiro atoms. The van der Waals surface area contributed by atoms with Crippen molar-refractivity contribution in [3.05, 3.63) is 41.9 Å². The van der Waals surface area contributed by atoms with Crippen molar-refractivity contribution in [3.63, 3.8) is 0 Å². The van der Waals surface area contributed by atoms with Crippen molar-refractivity contribution in [2.75, 3.05) is 0 Å². The van der Waals surface area contributed by atoms with Crippen LogP contribution >= 0.6 is 0 Å². The fraction of sp³-hybridized carbons (Fsp3) is 0.167. The Bertz CT molecular complexity index is 500.